The molecule has 0 bridgehead atoms. The van der Waals surface area contributed by atoms with Gasteiger partial charge >= 0.3 is 6.36 Å². The van der Waals surface area contributed by atoms with Crippen molar-refractivity contribution in [3.63, 3.8) is 0 Å². The van der Waals surface area contributed by atoms with Gasteiger partial charge in [0, 0.05) is 44.6 Å². The minimum absolute atomic E-state index is 0.105. The van der Waals surface area contributed by atoms with Crippen molar-refractivity contribution in [1.82, 2.24) is 25.1 Å². The summed E-state index contributed by atoms with van der Waals surface area (Å²) in [5.41, 5.74) is 0.300. The molecule has 3 rings (SSSR count). The summed E-state index contributed by atoms with van der Waals surface area (Å²) in [7, 11) is -2.40. The van der Waals surface area contributed by atoms with Gasteiger partial charge in [0.1, 0.15) is 12.1 Å². The van der Waals surface area contributed by atoms with Gasteiger partial charge < -0.3 is 10.1 Å². The van der Waals surface area contributed by atoms with E-state index in [9.17, 15) is 22.2 Å². The Kier molecular flexibility index (Phi) is 7.46. The molecule has 3 aromatic rings. The fourth-order valence-electron chi connectivity index (χ4n) is 2.82. The SMILES string of the molecule is CCS(C)(=O)=Nc1ccnc(-n2ncnc2[C@H](C)NC(=O)c2cc(Cl)cc(OC(F)(F)F)c2)c1. The normalized spacial score (nSPS) is 14.2. The summed E-state index contributed by atoms with van der Waals surface area (Å²) >= 11 is 5.84. The third-order valence-electron chi connectivity index (χ3n) is 4.46. The van der Waals surface area contributed by atoms with Gasteiger partial charge in [-0.3, -0.25) is 4.79 Å². The molecule has 1 aromatic carbocycles. The molecule has 0 aliphatic rings. The number of amides is 1. The number of aromatic nitrogens is 4. The van der Waals surface area contributed by atoms with Gasteiger partial charge in [-0.15, -0.1) is 13.2 Å². The van der Waals surface area contributed by atoms with Crippen molar-refractivity contribution in [2.75, 3.05) is 12.0 Å². The summed E-state index contributed by atoms with van der Waals surface area (Å²) in [5.74, 6) is -0.335. The molecule has 34 heavy (non-hydrogen) atoms. The van der Waals surface area contributed by atoms with Crippen LogP contribution in [0.2, 0.25) is 5.02 Å². The molecule has 0 aliphatic carbocycles. The molecule has 1 N–H and O–H groups in total. The van der Waals surface area contributed by atoms with E-state index >= 15 is 0 Å². The van der Waals surface area contributed by atoms with Crippen molar-refractivity contribution >= 4 is 32.9 Å². The number of benzene rings is 1. The summed E-state index contributed by atoms with van der Waals surface area (Å²) < 4.78 is 59.4. The maximum atomic E-state index is 12.7. The summed E-state index contributed by atoms with van der Waals surface area (Å²) in [4.78, 5) is 21.1. The van der Waals surface area contributed by atoms with Crippen LogP contribution in [0.5, 0.6) is 5.75 Å². The number of halogens is 4. The highest BCUT2D eigenvalue weighted by molar-refractivity contribution is 7.93. The second-order valence-electron chi connectivity index (χ2n) is 7.16. The third-order valence-corrected chi connectivity index (χ3v) is 6.34. The molecule has 0 spiro atoms. The van der Waals surface area contributed by atoms with E-state index in [2.05, 4.69) is 29.5 Å². The first kappa shape index (κ1) is 25.4. The van der Waals surface area contributed by atoms with Gasteiger partial charge in [-0.2, -0.15) is 14.1 Å². The zero-order chi connectivity index (χ0) is 25.1. The van der Waals surface area contributed by atoms with Crippen molar-refractivity contribution in [2.45, 2.75) is 26.3 Å². The Hall–Kier alpha value is -3.19. The number of ether oxygens (including phenoxy) is 1. The van der Waals surface area contributed by atoms with Crippen LogP contribution in [0.3, 0.4) is 0 Å². The van der Waals surface area contributed by atoms with Crippen LogP contribution in [0.25, 0.3) is 5.82 Å². The number of alkyl halides is 3. The summed E-state index contributed by atoms with van der Waals surface area (Å²) in [6.45, 7) is 3.38. The van der Waals surface area contributed by atoms with E-state index in [-0.39, 0.29) is 10.6 Å². The maximum Gasteiger partial charge on any atom is 0.573 e. The van der Waals surface area contributed by atoms with Crippen LogP contribution in [0, 0.1) is 0 Å². The Morgan fingerprint density at radius 3 is 2.71 bits per heavy atom. The van der Waals surface area contributed by atoms with Crippen LogP contribution in [0.1, 0.15) is 36.1 Å². The van der Waals surface area contributed by atoms with Crippen LogP contribution >= 0.6 is 11.6 Å². The lowest BCUT2D eigenvalue weighted by Gasteiger charge is -2.15. The van der Waals surface area contributed by atoms with E-state index in [1.165, 1.54) is 23.3 Å². The van der Waals surface area contributed by atoms with Crippen LogP contribution in [0.15, 0.2) is 47.2 Å². The second kappa shape index (κ2) is 9.97. The molecule has 182 valence electrons. The number of hydrogen-bond acceptors (Lipinski definition) is 7. The first-order valence-corrected chi connectivity index (χ1v) is 12.3. The van der Waals surface area contributed by atoms with Crippen molar-refractivity contribution in [2.24, 2.45) is 4.36 Å². The molecular formula is C20H20ClF3N6O3S. The van der Waals surface area contributed by atoms with Gasteiger partial charge in [0.05, 0.1) is 11.7 Å². The smallest absolute Gasteiger partial charge is 0.406 e. The van der Waals surface area contributed by atoms with Gasteiger partial charge in [-0.1, -0.05) is 18.5 Å². The summed E-state index contributed by atoms with van der Waals surface area (Å²) in [6.07, 6.45) is -0.653. The molecule has 0 saturated heterocycles. The highest BCUT2D eigenvalue weighted by Crippen LogP contribution is 2.27. The van der Waals surface area contributed by atoms with E-state index in [1.807, 2.05) is 0 Å². The number of carbonyl (C=O) groups is 1. The Morgan fingerprint density at radius 2 is 2.03 bits per heavy atom. The fourth-order valence-corrected chi connectivity index (χ4v) is 3.73. The first-order valence-electron chi connectivity index (χ1n) is 9.80. The van der Waals surface area contributed by atoms with Gasteiger partial charge in [-0.25, -0.2) is 14.2 Å². The first-order chi connectivity index (χ1) is 15.9. The standard InChI is InChI=1S/C20H20ClF3N6O3S/c1-4-34(3,32)29-15-5-6-25-17(10-15)30-18(26-11-27-30)12(2)28-19(31)13-7-14(21)9-16(8-13)33-20(22,23)24/h5-12H,4H2,1-3H3,(H,28,31)/t12-,34?/m0/s1. The van der Waals surface area contributed by atoms with Crippen LogP contribution < -0.4 is 10.1 Å². The number of nitrogens with zero attached hydrogens (tertiary/aromatic N) is 5. The minimum Gasteiger partial charge on any atom is -0.406 e. The molecule has 1 unspecified atom stereocenters. The predicted octanol–water partition coefficient (Wildman–Crippen LogP) is 4.45. The lowest BCUT2D eigenvalue weighted by Crippen LogP contribution is -2.29. The molecule has 0 saturated carbocycles. The molecule has 1 amide bonds. The van der Waals surface area contributed by atoms with Crippen molar-refractivity contribution in [3.05, 3.63) is 59.3 Å². The molecule has 14 heteroatoms. The molecule has 2 heterocycles. The van der Waals surface area contributed by atoms with E-state index in [0.29, 0.717) is 23.1 Å². The van der Waals surface area contributed by atoms with Gasteiger partial charge in [0.15, 0.2) is 11.6 Å². The highest BCUT2D eigenvalue weighted by Gasteiger charge is 2.31. The molecule has 0 fully saturated rings. The highest BCUT2D eigenvalue weighted by atomic mass is 35.5. The molecule has 0 aliphatic heterocycles. The average molecular weight is 517 g/mol. The summed E-state index contributed by atoms with van der Waals surface area (Å²) in [5, 5.41) is 6.66. The Balaban J connectivity index is 1.85. The number of nitrogens with one attached hydrogen (secondary N) is 1. The number of pyridine rings is 1. The minimum atomic E-state index is -4.93. The molecule has 2 atom stereocenters. The summed E-state index contributed by atoms with van der Waals surface area (Å²) in [6, 6.07) is 5.53. The largest absolute Gasteiger partial charge is 0.573 e. The van der Waals surface area contributed by atoms with Crippen LogP contribution in [-0.4, -0.2) is 48.2 Å². The zero-order valence-electron chi connectivity index (χ0n) is 18.2. The van der Waals surface area contributed by atoms with E-state index < -0.39 is 33.8 Å². The van der Waals surface area contributed by atoms with Crippen LogP contribution in [0.4, 0.5) is 18.9 Å². The van der Waals surface area contributed by atoms with Crippen molar-refractivity contribution < 1.29 is 26.9 Å². The average Bonchev–Trinajstić information content (AvgIpc) is 3.22. The third kappa shape index (κ3) is 6.67. The Labute approximate surface area is 198 Å². The number of hydrogen-bond donors (Lipinski definition) is 1. The molecule has 2 aromatic heterocycles. The second-order valence-corrected chi connectivity index (χ2v) is 10.3. The van der Waals surface area contributed by atoms with Gasteiger partial charge in [0.25, 0.3) is 5.91 Å². The Morgan fingerprint density at radius 1 is 1.29 bits per heavy atom. The van der Waals surface area contributed by atoms with E-state index in [4.69, 9.17) is 11.6 Å². The quantitative estimate of drug-likeness (QED) is 0.496. The maximum absolute atomic E-state index is 12.7. The van der Waals surface area contributed by atoms with E-state index in [1.54, 1.807) is 32.2 Å². The van der Waals surface area contributed by atoms with Gasteiger partial charge in [-0.05, 0) is 31.2 Å². The zero-order valence-corrected chi connectivity index (χ0v) is 19.8. The van der Waals surface area contributed by atoms with Crippen LogP contribution in [-0.2, 0) is 9.73 Å². The lowest BCUT2D eigenvalue weighted by molar-refractivity contribution is -0.274. The van der Waals surface area contributed by atoms with E-state index in [0.717, 1.165) is 12.1 Å². The Bertz CT molecular complexity index is 1320. The fraction of sp³-hybridized carbons (Fsp3) is 0.300. The predicted molar refractivity (Wildman–Crippen MR) is 120 cm³/mol. The van der Waals surface area contributed by atoms with Crippen molar-refractivity contribution in [1.29, 1.82) is 0 Å². The van der Waals surface area contributed by atoms with Crippen molar-refractivity contribution in [3.8, 4) is 11.6 Å². The molecular weight excluding hydrogens is 497 g/mol. The topological polar surface area (TPSA) is 111 Å². The number of rotatable bonds is 7. The molecule has 0 radical (unpaired) electrons. The monoisotopic (exact) mass is 516 g/mol. The number of carbonyl (C=O) groups excluding carboxylic acids is 1. The lowest BCUT2D eigenvalue weighted by atomic mass is 10.2. The van der Waals surface area contributed by atoms with Gasteiger partial charge in [0.2, 0.25) is 0 Å². The molecule has 9 nitrogen and oxygen atoms in total.